The predicted octanol–water partition coefficient (Wildman–Crippen LogP) is 2.41. The number of aryl methyl sites for hydroxylation is 1. The van der Waals surface area contributed by atoms with Gasteiger partial charge in [0.1, 0.15) is 0 Å². The third kappa shape index (κ3) is 3.74. The van der Waals surface area contributed by atoms with Crippen LogP contribution in [-0.2, 0) is 16.1 Å². The van der Waals surface area contributed by atoms with Gasteiger partial charge in [0.2, 0.25) is 11.8 Å². The maximum absolute atomic E-state index is 12.4. The Hall–Kier alpha value is -1.85. The predicted molar refractivity (Wildman–Crippen MR) is 87.8 cm³/mol. The van der Waals surface area contributed by atoms with Crippen molar-refractivity contribution in [2.45, 2.75) is 64.5 Å². The molecule has 6 heteroatoms. The van der Waals surface area contributed by atoms with Crippen LogP contribution < -0.4 is 5.32 Å². The molecule has 1 aromatic rings. The van der Waals surface area contributed by atoms with Gasteiger partial charge in [0.25, 0.3) is 0 Å². The zero-order chi connectivity index (χ0) is 16.2. The molecule has 0 radical (unpaired) electrons. The van der Waals surface area contributed by atoms with Gasteiger partial charge in [-0.05, 0) is 19.8 Å². The lowest BCUT2D eigenvalue weighted by atomic mass is 10.1. The molecule has 1 saturated carbocycles. The summed E-state index contributed by atoms with van der Waals surface area (Å²) >= 11 is 0. The number of hydrogen-bond donors (Lipinski definition) is 1. The van der Waals surface area contributed by atoms with Crippen LogP contribution in [-0.4, -0.2) is 39.1 Å². The maximum Gasteiger partial charge on any atom is 0.229 e. The van der Waals surface area contributed by atoms with Gasteiger partial charge in [0.15, 0.2) is 0 Å². The van der Waals surface area contributed by atoms with Crippen LogP contribution in [0.4, 0.5) is 5.69 Å². The van der Waals surface area contributed by atoms with Crippen LogP contribution in [0.25, 0.3) is 0 Å². The normalized spacial score (nSPS) is 23.1. The van der Waals surface area contributed by atoms with Gasteiger partial charge in [-0.25, -0.2) is 0 Å². The van der Waals surface area contributed by atoms with E-state index in [2.05, 4.69) is 10.4 Å². The first-order valence-electron chi connectivity index (χ1n) is 8.80. The highest BCUT2D eigenvalue weighted by atomic mass is 16.2. The summed E-state index contributed by atoms with van der Waals surface area (Å²) in [5.41, 5.74) is 0.706. The standard InChI is InChI=1S/C17H26N4O2/c1-2-20-12-14(10-18-20)19-17(23)13-9-16(22)21(11-13)15-7-5-3-4-6-8-15/h10,12-13,15H,2-9,11H2,1H3,(H,19,23)/t13-/m0/s1. The number of aromatic nitrogens is 2. The van der Waals surface area contributed by atoms with Crippen LogP contribution in [0, 0.1) is 5.92 Å². The minimum absolute atomic E-state index is 0.0647. The first-order valence-corrected chi connectivity index (χ1v) is 8.80. The minimum atomic E-state index is -0.240. The summed E-state index contributed by atoms with van der Waals surface area (Å²) in [5.74, 6) is -0.165. The Morgan fingerprint density at radius 1 is 1.30 bits per heavy atom. The third-order valence-electron chi connectivity index (χ3n) is 5.02. The molecule has 1 aliphatic heterocycles. The second-order valence-corrected chi connectivity index (χ2v) is 6.67. The fourth-order valence-corrected chi connectivity index (χ4v) is 3.68. The Morgan fingerprint density at radius 3 is 2.70 bits per heavy atom. The van der Waals surface area contributed by atoms with Gasteiger partial charge in [-0.1, -0.05) is 25.7 Å². The van der Waals surface area contributed by atoms with Crippen molar-refractivity contribution in [1.82, 2.24) is 14.7 Å². The highest BCUT2D eigenvalue weighted by molar-refractivity contribution is 5.97. The van der Waals surface area contributed by atoms with Gasteiger partial charge in [0.05, 0.1) is 17.8 Å². The highest BCUT2D eigenvalue weighted by Crippen LogP contribution is 2.28. The molecule has 0 bridgehead atoms. The summed E-state index contributed by atoms with van der Waals surface area (Å²) in [7, 11) is 0. The average molecular weight is 318 g/mol. The van der Waals surface area contributed by atoms with Gasteiger partial charge < -0.3 is 10.2 Å². The molecular weight excluding hydrogens is 292 g/mol. The van der Waals surface area contributed by atoms with Crippen molar-refractivity contribution in [3.05, 3.63) is 12.4 Å². The topological polar surface area (TPSA) is 67.2 Å². The number of rotatable bonds is 4. The Kier molecular flexibility index (Phi) is 4.98. The Morgan fingerprint density at radius 2 is 2.04 bits per heavy atom. The van der Waals surface area contributed by atoms with Gasteiger partial charge in [-0.15, -0.1) is 0 Å². The van der Waals surface area contributed by atoms with Gasteiger partial charge in [0, 0.05) is 31.7 Å². The third-order valence-corrected chi connectivity index (χ3v) is 5.02. The number of anilines is 1. The molecule has 1 aliphatic carbocycles. The number of hydrogen-bond acceptors (Lipinski definition) is 3. The summed E-state index contributed by atoms with van der Waals surface area (Å²) in [5, 5.41) is 7.05. The van der Waals surface area contributed by atoms with Gasteiger partial charge >= 0.3 is 0 Å². The number of carbonyl (C=O) groups is 2. The summed E-state index contributed by atoms with van der Waals surface area (Å²) in [6.45, 7) is 3.34. The second kappa shape index (κ2) is 7.15. The first kappa shape index (κ1) is 16.0. The molecule has 2 heterocycles. The van der Waals surface area contributed by atoms with E-state index < -0.39 is 0 Å². The zero-order valence-corrected chi connectivity index (χ0v) is 13.8. The van der Waals surface area contributed by atoms with Crippen LogP contribution in [0.5, 0.6) is 0 Å². The van der Waals surface area contributed by atoms with Crippen molar-refractivity contribution in [2.24, 2.45) is 5.92 Å². The molecule has 1 N–H and O–H groups in total. The first-order chi connectivity index (χ1) is 11.2. The molecule has 126 valence electrons. The Balaban J connectivity index is 1.58. The zero-order valence-electron chi connectivity index (χ0n) is 13.8. The number of likely N-dealkylation sites (tertiary alicyclic amines) is 1. The van der Waals surface area contributed by atoms with Crippen molar-refractivity contribution in [2.75, 3.05) is 11.9 Å². The van der Waals surface area contributed by atoms with Crippen molar-refractivity contribution >= 4 is 17.5 Å². The molecule has 3 rings (SSSR count). The van der Waals surface area contributed by atoms with Crippen molar-refractivity contribution in [3.63, 3.8) is 0 Å². The van der Waals surface area contributed by atoms with E-state index in [0.717, 1.165) is 19.4 Å². The number of carbonyl (C=O) groups excluding carboxylic acids is 2. The molecule has 2 amide bonds. The molecule has 0 aromatic carbocycles. The quantitative estimate of drug-likeness (QED) is 0.867. The SMILES string of the molecule is CCn1cc(NC(=O)[C@H]2CC(=O)N(C3CCCCCC3)C2)cn1. The monoisotopic (exact) mass is 318 g/mol. The van der Waals surface area contributed by atoms with E-state index in [1.807, 2.05) is 18.0 Å². The van der Waals surface area contributed by atoms with Crippen LogP contribution >= 0.6 is 0 Å². The minimum Gasteiger partial charge on any atom is -0.339 e. The Labute approximate surface area is 137 Å². The molecule has 1 atom stereocenters. The average Bonchev–Trinajstić information content (AvgIpc) is 3.05. The lowest BCUT2D eigenvalue weighted by Crippen LogP contribution is -2.37. The molecule has 2 fully saturated rings. The lowest BCUT2D eigenvalue weighted by molar-refractivity contribution is -0.130. The van der Waals surface area contributed by atoms with Crippen LogP contribution in [0.15, 0.2) is 12.4 Å². The highest BCUT2D eigenvalue weighted by Gasteiger charge is 2.37. The fourth-order valence-electron chi connectivity index (χ4n) is 3.68. The lowest BCUT2D eigenvalue weighted by Gasteiger charge is -2.27. The van der Waals surface area contributed by atoms with E-state index in [-0.39, 0.29) is 17.7 Å². The molecular formula is C17H26N4O2. The Bertz CT molecular complexity index is 561. The van der Waals surface area contributed by atoms with E-state index in [0.29, 0.717) is 24.7 Å². The van der Waals surface area contributed by atoms with Crippen molar-refractivity contribution in [1.29, 1.82) is 0 Å². The van der Waals surface area contributed by atoms with Crippen molar-refractivity contribution < 1.29 is 9.59 Å². The van der Waals surface area contributed by atoms with Crippen molar-refractivity contribution in [3.8, 4) is 0 Å². The number of nitrogens with one attached hydrogen (secondary N) is 1. The summed E-state index contributed by atoms with van der Waals surface area (Å²) in [6.07, 6.45) is 10.9. The molecule has 1 aromatic heterocycles. The summed E-state index contributed by atoms with van der Waals surface area (Å²) < 4.78 is 1.77. The molecule has 6 nitrogen and oxygen atoms in total. The fraction of sp³-hybridized carbons (Fsp3) is 0.706. The molecule has 2 aliphatic rings. The van der Waals surface area contributed by atoms with E-state index in [4.69, 9.17) is 0 Å². The van der Waals surface area contributed by atoms with E-state index in [1.165, 1.54) is 25.7 Å². The summed E-state index contributed by atoms with van der Waals surface area (Å²) in [6, 6.07) is 0.339. The van der Waals surface area contributed by atoms with E-state index in [9.17, 15) is 9.59 Å². The number of amides is 2. The van der Waals surface area contributed by atoms with Crippen LogP contribution in [0.2, 0.25) is 0 Å². The maximum atomic E-state index is 12.4. The largest absolute Gasteiger partial charge is 0.339 e. The van der Waals surface area contributed by atoms with Crippen LogP contribution in [0.3, 0.4) is 0 Å². The molecule has 0 unspecified atom stereocenters. The summed E-state index contributed by atoms with van der Waals surface area (Å²) in [4.78, 5) is 26.7. The van der Waals surface area contributed by atoms with Gasteiger partial charge in [-0.3, -0.25) is 14.3 Å². The smallest absolute Gasteiger partial charge is 0.229 e. The van der Waals surface area contributed by atoms with Crippen LogP contribution in [0.1, 0.15) is 51.9 Å². The molecule has 23 heavy (non-hydrogen) atoms. The van der Waals surface area contributed by atoms with Gasteiger partial charge in [-0.2, -0.15) is 5.10 Å². The molecule has 1 saturated heterocycles. The second-order valence-electron chi connectivity index (χ2n) is 6.67. The number of nitrogens with zero attached hydrogens (tertiary/aromatic N) is 3. The van der Waals surface area contributed by atoms with E-state index in [1.54, 1.807) is 10.9 Å². The molecule has 0 spiro atoms. The van der Waals surface area contributed by atoms with E-state index >= 15 is 0 Å².